The molecule has 0 unspecified atom stereocenters. The number of aliphatic hydroxyl groups is 1. The van der Waals surface area contributed by atoms with Crippen molar-refractivity contribution in [1.82, 2.24) is 4.90 Å². The maximum Gasteiger partial charge on any atom is 0.277 e. The Morgan fingerprint density at radius 3 is 2.79 bits per heavy atom. The number of rotatable bonds is 4. The van der Waals surface area contributed by atoms with Crippen molar-refractivity contribution in [2.45, 2.75) is 4.90 Å². The molecule has 100 valence electrons. The molecule has 0 radical (unpaired) electrons. The Hall–Kier alpha value is -1.31. The number of hydrogen-bond acceptors (Lipinski definition) is 5. The first kappa shape index (κ1) is 14.1. The van der Waals surface area contributed by atoms with E-state index in [0.29, 0.717) is 10.6 Å². The quantitative estimate of drug-likeness (QED) is 0.571. The Bertz CT molecular complexity index is 574. The van der Waals surface area contributed by atoms with Gasteiger partial charge < -0.3 is 10.4 Å². The lowest BCUT2D eigenvalue weighted by Crippen LogP contribution is -2.34. The molecule has 0 aromatic heterocycles. The second-order valence-electron chi connectivity index (χ2n) is 3.84. The van der Waals surface area contributed by atoms with Crippen molar-refractivity contribution < 1.29 is 14.7 Å². The van der Waals surface area contributed by atoms with Gasteiger partial charge in [-0.15, -0.1) is 12.6 Å². The maximum atomic E-state index is 11.9. The van der Waals surface area contributed by atoms with Gasteiger partial charge in [0.25, 0.3) is 11.8 Å². The number of aliphatic hydroxyl groups excluding tert-OH is 1. The van der Waals surface area contributed by atoms with Crippen molar-refractivity contribution in [2.24, 2.45) is 0 Å². The molecule has 2 amide bonds. The van der Waals surface area contributed by atoms with E-state index in [1.807, 2.05) is 6.07 Å². The SMILES string of the molecule is O=C1C=C(Nc2cccc(Br)c2S)C(=O)N1CCO. The van der Waals surface area contributed by atoms with Gasteiger partial charge in [-0.3, -0.25) is 14.5 Å². The second kappa shape index (κ2) is 5.77. The summed E-state index contributed by atoms with van der Waals surface area (Å²) in [6.45, 7) is -0.265. The normalized spacial score (nSPS) is 14.9. The van der Waals surface area contributed by atoms with Crippen LogP contribution in [0.3, 0.4) is 0 Å². The zero-order chi connectivity index (χ0) is 14.0. The number of amides is 2. The van der Waals surface area contributed by atoms with Crippen LogP contribution in [0.1, 0.15) is 0 Å². The minimum atomic E-state index is -0.452. The van der Waals surface area contributed by atoms with Crippen LogP contribution in [-0.2, 0) is 9.59 Å². The van der Waals surface area contributed by atoms with Crippen molar-refractivity contribution >= 4 is 46.1 Å². The van der Waals surface area contributed by atoms with E-state index in [0.717, 1.165) is 9.37 Å². The highest BCUT2D eigenvalue weighted by Crippen LogP contribution is 2.29. The number of nitrogens with one attached hydrogen (secondary N) is 1. The monoisotopic (exact) mass is 342 g/mol. The van der Waals surface area contributed by atoms with E-state index in [1.165, 1.54) is 6.08 Å². The van der Waals surface area contributed by atoms with Crippen LogP contribution in [0.15, 0.2) is 39.3 Å². The first-order valence-electron chi connectivity index (χ1n) is 5.47. The van der Waals surface area contributed by atoms with Crippen LogP contribution < -0.4 is 5.32 Å². The maximum absolute atomic E-state index is 11.9. The van der Waals surface area contributed by atoms with Gasteiger partial charge in [-0.1, -0.05) is 6.07 Å². The lowest BCUT2D eigenvalue weighted by Gasteiger charge is -2.14. The summed E-state index contributed by atoms with van der Waals surface area (Å²) >= 11 is 7.64. The summed E-state index contributed by atoms with van der Waals surface area (Å²) < 4.78 is 0.783. The van der Waals surface area contributed by atoms with Gasteiger partial charge >= 0.3 is 0 Å². The zero-order valence-corrected chi connectivity index (χ0v) is 12.2. The standard InChI is InChI=1S/C12H11BrN2O3S/c13-7-2-1-3-8(11(7)19)14-9-6-10(17)15(4-5-16)12(9)18/h1-3,6,14,16,19H,4-5H2. The molecule has 5 nitrogen and oxygen atoms in total. The van der Waals surface area contributed by atoms with Crippen LogP contribution in [0, 0.1) is 0 Å². The molecule has 1 aliphatic heterocycles. The van der Waals surface area contributed by atoms with Crippen molar-refractivity contribution in [3.63, 3.8) is 0 Å². The van der Waals surface area contributed by atoms with Gasteiger partial charge in [0.05, 0.1) is 18.8 Å². The van der Waals surface area contributed by atoms with Crippen molar-refractivity contribution in [2.75, 3.05) is 18.5 Å². The molecule has 0 bridgehead atoms. The minimum Gasteiger partial charge on any atom is -0.395 e. The molecule has 0 atom stereocenters. The number of imide groups is 1. The topological polar surface area (TPSA) is 69.6 Å². The summed E-state index contributed by atoms with van der Waals surface area (Å²) in [4.78, 5) is 25.1. The fourth-order valence-electron chi connectivity index (χ4n) is 1.67. The summed E-state index contributed by atoms with van der Waals surface area (Å²) in [5.41, 5.74) is 0.794. The lowest BCUT2D eigenvalue weighted by atomic mass is 10.3. The number of nitrogens with zero attached hydrogens (tertiary/aromatic N) is 1. The number of carbonyl (C=O) groups excluding carboxylic acids is 2. The average Bonchev–Trinajstić information content (AvgIpc) is 2.63. The van der Waals surface area contributed by atoms with Crippen LogP contribution in [0.25, 0.3) is 0 Å². The number of hydrogen-bond donors (Lipinski definition) is 3. The first-order valence-corrected chi connectivity index (χ1v) is 6.71. The third-order valence-electron chi connectivity index (χ3n) is 2.59. The Kier molecular flexibility index (Phi) is 4.28. The van der Waals surface area contributed by atoms with Crippen LogP contribution in [0.4, 0.5) is 5.69 Å². The first-order chi connectivity index (χ1) is 9.04. The third-order valence-corrected chi connectivity index (χ3v) is 4.04. The molecule has 2 N–H and O–H groups in total. The molecule has 1 aliphatic rings. The van der Waals surface area contributed by atoms with E-state index in [2.05, 4.69) is 33.9 Å². The Balaban J connectivity index is 2.21. The van der Waals surface area contributed by atoms with E-state index in [-0.39, 0.29) is 18.8 Å². The summed E-state index contributed by atoms with van der Waals surface area (Å²) in [5.74, 6) is -0.885. The molecule has 1 aromatic rings. The Labute approximate surface area is 123 Å². The molecule has 7 heteroatoms. The fourth-order valence-corrected chi connectivity index (χ4v) is 2.24. The molecule has 2 rings (SSSR count). The fraction of sp³-hybridized carbons (Fsp3) is 0.167. The van der Waals surface area contributed by atoms with E-state index in [1.54, 1.807) is 12.1 Å². The Morgan fingerprint density at radius 1 is 1.37 bits per heavy atom. The van der Waals surface area contributed by atoms with E-state index in [4.69, 9.17) is 5.11 Å². The van der Waals surface area contributed by atoms with Gasteiger partial charge in [0.2, 0.25) is 0 Å². The molecule has 0 saturated heterocycles. The van der Waals surface area contributed by atoms with Crippen molar-refractivity contribution in [1.29, 1.82) is 0 Å². The molecule has 0 spiro atoms. The molecule has 0 saturated carbocycles. The predicted molar refractivity (Wildman–Crippen MR) is 76.9 cm³/mol. The highest BCUT2D eigenvalue weighted by Gasteiger charge is 2.30. The highest BCUT2D eigenvalue weighted by atomic mass is 79.9. The number of halogens is 1. The number of benzene rings is 1. The number of β-amino-alcohol motifs (C(OH)–C–C–N with tert-alkyl or cyclic N) is 1. The molecule has 0 fully saturated rings. The lowest BCUT2D eigenvalue weighted by molar-refractivity contribution is -0.137. The van der Waals surface area contributed by atoms with Gasteiger partial charge in [-0.2, -0.15) is 0 Å². The zero-order valence-electron chi connectivity index (χ0n) is 9.76. The van der Waals surface area contributed by atoms with Crippen LogP contribution in [0.2, 0.25) is 0 Å². The molecular weight excluding hydrogens is 332 g/mol. The van der Waals surface area contributed by atoms with E-state index in [9.17, 15) is 9.59 Å². The van der Waals surface area contributed by atoms with Gasteiger partial charge in [0, 0.05) is 15.4 Å². The summed E-state index contributed by atoms with van der Waals surface area (Å²) in [7, 11) is 0. The van der Waals surface area contributed by atoms with Gasteiger partial charge in [0.15, 0.2) is 0 Å². The minimum absolute atomic E-state index is 0.00837. The number of thiol groups is 1. The van der Waals surface area contributed by atoms with Crippen molar-refractivity contribution in [3.05, 3.63) is 34.4 Å². The number of anilines is 1. The number of carbonyl (C=O) groups is 2. The van der Waals surface area contributed by atoms with Crippen LogP contribution >= 0.6 is 28.6 Å². The van der Waals surface area contributed by atoms with Crippen molar-refractivity contribution in [3.8, 4) is 0 Å². The molecule has 1 aromatic carbocycles. The predicted octanol–water partition coefficient (Wildman–Crippen LogP) is 1.39. The van der Waals surface area contributed by atoms with Gasteiger partial charge in [0.1, 0.15) is 5.70 Å². The Morgan fingerprint density at radius 2 is 2.11 bits per heavy atom. The third kappa shape index (κ3) is 2.83. The molecule has 1 heterocycles. The van der Waals surface area contributed by atoms with E-state index < -0.39 is 11.8 Å². The smallest absolute Gasteiger partial charge is 0.277 e. The molecule has 0 aliphatic carbocycles. The summed E-state index contributed by atoms with van der Waals surface area (Å²) in [6, 6.07) is 5.36. The average molecular weight is 343 g/mol. The van der Waals surface area contributed by atoms with Crippen LogP contribution in [0.5, 0.6) is 0 Å². The summed E-state index contributed by atoms with van der Waals surface area (Å²) in [6.07, 6.45) is 1.21. The second-order valence-corrected chi connectivity index (χ2v) is 5.14. The highest BCUT2D eigenvalue weighted by molar-refractivity contribution is 9.10. The van der Waals surface area contributed by atoms with E-state index >= 15 is 0 Å². The molecule has 19 heavy (non-hydrogen) atoms. The van der Waals surface area contributed by atoms with Gasteiger partial charge in [-0.25, -0.2) is 0 Å². The summed E-state index contributed by atoms with van der Waals surface area (Å²) in [5, 5.41) is 11.7. The largest absolute Gasteiger partial charge is 0.395 e. The molecular formula is C12H11BrN2O3S. The van der Waals surface area contributed by atoms with Gasteiger partial charge in [-0.05, 0) is 28.1 Å². The van der Waals surface area contributed by atoms with Crippen LogP contribution in [-0.4, -0.2) is 35.0 Å².